The van der Waals surface area contributed by atoms with Crippen LogP contribution >= 0.6 is 0 Å². The lowest BCUT2D eigenvalue weighted by molar-refractivity contribution is -0.147. The number of aliphatic imine (C=N–C) groups is 1. The molecule has 3 N–H and O–H groups in total. The van der Waals surface area contributed by atoms with Crippen LogP contribution in [0.15, 0.2) is 132 Å². The van der Waals surface area contributed by atoms with Crippen molar-refractivity contribution in [3.05, 3.63) is 150 Å². The van der Waals surface area contributed by atoms with Gasteiger partial charge in [-0.25, -0.2) is 14.4 Å². The minimum absolute atomic E-state index is 0.0233. The number of nitrogens with zero attached hydrogens (tertiary/aromatic N) is 2. The molecule has 4 aromatic carbocycles. The Morgan fingerprint density at radius 2 is 1.20 bits per heavy atom. The van der Waals surface area contributed by atoms with Gasteiger partial charge in [-0.15, -0.1) is 0 Å². The highest BCUT2D eigenvalue weighted by Gasteiger charge is 2.48. The number of carbonyl (C=O) groups is 4. The summed E-state index contributed by atoms with van der Waals surface area (Å²) in [7, 11) is 0. The molecular weight excluding hydrogens is 634 g/mol. The van der Waals surface area contributed by atoms with Crippen molar-refractivity contribution in [1.29, 1.82) is 0 Å². The molecule has 1 fully saturated rings. The molecule has 1 heterocycles. The molecule has 0 unspecified atom stereocenters. The van der Waals surface area contributed by atoms with Gasteiger partial charge in [0, 0.05) is 13.1 Å². The standard InChI is InChI=1S/C39H39N5O6/c45-35-33(34(24-23-29-14-5-1-6-15-29)44(35)37(46)41-26-30-16-7-2-8-17-30)22-13-25-40-36(42-38(47)49-27-31-18-9-3-10-19-31)43-39(48)50-28-32-20-11-4-12-21-32/h1-12,14-21,23-24,33-34H,13,22,25-28H2,(H,41,46)(H2,40,42,43,47,48)/t33-,34-/m1/s1. The molecular formula is C39H39N5O6. The van der Waals surface area contributed by atoms with Crippen LogP contribution in [0.2, 0.25) is 0 Å². The van der Waals surface area contributed by atoms with Gasteiger partial charge >= 0.3 is 18.2 Å². The van der Waals surface area contributed by atoms with Crippen LogP contribution in [0.5, 0.6) is 0 Å². The van der Waals surface area contributed by atoms with Crippen molar-refractivity contribution >= 4 is 36.2 Å². The molecule has 1 aliphatic heterocycles. The van der Waals surface area contributed by atoms with Crippen LogP contribution in [0, 0.1) is 5.92 Å². The van der Waals surface area contributed by atoms with Crippen LogP contribution in [0.25, 0.3) is 6.08 Å². The van der Waals surface area contributed by atoms with Gasteiger partial charge in [0.05, 0.1) is 12.0 Å². The number of amides is 5. The summed E-state index contributed by atoms with van der Waals surface area (Å²) in [5.41, 5.74) is 3.45. The van der Waals surface area contributed by atoms with E-state index in [1.165, 1.54) is 4.90 Å². The molecule has 11 heteroatoms. The largest absolute Gasteiger partial charge is 0.444 e. The van der Waals surface area contributed by atoms with Crippen molar-refractivity contribution < 1.29 is 28.7 Å². The fraction of sp³-hybridized carbons (Fsp3) is 0.205. The summed E-state index contributed by atoms with van der Waals surface area (Å²) < 4.78 is 10.6. The third-order valence-corrected chi connectivity index (χ3v) is 7.87. The maximum atomic E-state index is 13.3. The Kier molecular flexibility index (Phi) is 12.9. The smallest absolute Gasteiger partial charge is 0.414 e. The van der Waals surface area contributed by atoms with Crippen molar-refractivity contribution in [2.24, 2.45) is 10.9 Å². The lowest BCUT2D eigenvalue weighted by Crippen LogP contribution is -2.64. The molecule has 0 bridgehead atoms. The Morgan fingerprint density at radius 1 is 0.700 bits per heavy atom. The molecule has 4 aromatic rings. The van der Waals surface area contributed by atoms with Gasteiger partial charge in [0.25, 0.3) is 0 Å². The van der Waals surface area contributed by atoms with Crippen molar-refractivity contribution in [3.63, 3.8) is 0 Å². The van der Waals surface area contributed by atoms with Gasteiger partial charge in [-0.05, 0) is 35.1 Å². The third kappa shape index (κ3) is 10.6. The van der Waals surface area contributed by atoms with Gasteiger partial charge in [-0.2, -0.15) is 0 Å². The number of guanidine groups is 1. The maximum absolute atomic E-state index is 13.3. The predicted octanol–water partition coefficient (Wildman–Crippen LogP) is 6.43. The summed E-state index contributed by atoms with van der Waals surface area (Å²) in [5, 5.41) is 7.80. The molecule has 5 amide bonds. The summed E-state index contributed by atoms with van der Waals surface area (Å²) >= 11 is 0. The molecule has 0 radical (unpaired) electrons. The molecule has 0 saturated carbocycles. The lowest BCUT2D eigenvalue weighted by Gasteiger charge is -2.44. The number of alkyl carbamates (subject to hydrolysis) is 2. The number of rotatable bonds is 12. The summed E-state index contributed by atoms with van der Waals surface area (Å²) in [6.45, 7) is 0.500. The zero-order chi connectivity index (χ0) is 35.0. The number of urea groups is 1. The first-order chi connectivity index (χ1) is 24.5. The first kappa shape index (κ1) is 35.1. The summed E-state index contributed by atoms with van der Waals surface area (Å²) in [5.74, 6) is -0.889. The molecule has 5 rings (SSSR count). The highest BCUT2D eigenvalue weighted by molar-refractivity contribution is 6.02. The molecule has 256 valence electrons. The highest BCUT2D eigenvalue weighted by Crippen LogP contribution is 2.32. The van der Waals surface area contributed by atoms with E-state index in [1.54, 1.807) is 0 Å². The van der Waals surface area contributed by atoms with Crippen molar-refractivity contribution in [1.82, 2.24) is 20.9 Å². The minimum atomic E-state index is -0.812. The van der Waals surface area contributed by atoms with E-state index in [9.17, 15) is 19.2 Å². The van der Waals surface area contributed by atoms with E-state index in [0.29, 0.717) is 19.4 Å². The number of hydrogen-bond acceptors (Lipinski definition) is 7. The Balaban J connectivity index is 1.20. The highest BCUT2D eigenvalue weighted by atomic mass is 16.6. The molecule has 1 saturated heterocycles. The van der Waals surface area contributed by atoms with Crippen LogP contribution in [0.1, 0.15) is 35.1 Å². The second kappa shape index (κ2) is 18.3. The molecule has 50 heavy (non-hydrogen) atoms. The number of ether oxygens (including phenoxy) is 2. The quantitative estimate of drug-likeness (QED) is 0.0686. The molecule has 1 aliphatic rings. The monoisotopic (exact) mass is 673 g/mol. The van der Waals surface area contributed by atoms with Crippen LogP contribution in [0.4, 0.5) is 14.4 Å². The van der Waals surface area contributed by atoms with Gasteiger partial charge in [0.1, 0.15) is 13.2 Å². The number of β-lactam (4-membered cyclic amide) rings is 1. The van der Waals surface area contributed by atoms with E-state index in [4.69, 9.17) is 9.47 Å². The normalized spacial score (nSPS) is 15.0. The average Bonchev–Trinajstić information content (AvgIpc) is 3.15. The van der Waals surface area contributed by atoms with E-state index in [0.717, 1.165) is 22.3 Å². The van der Waals surface area contributed by atoms with Crippen molar-refractivity contribution in [3.8, 4) is 0 Å². The number of nitrogens with one attached hydrogen (secondary N) is 3. The SMILES string of the molecule is O=C(NC(=NCCC[C@H]1C(=O)N(C(=O)NCc2ccccc2)[C@@H]1C=Cc1ccccc1)NC(=O)OCc1ccccc1)OCc1ccccc1. The zero-order valence-corrected chi connectivity index (χ0v) is 27.4. The second-order valence-corrected chi connectivity index (χ2v) is 11.5. The summed E-state index contributed by atoms with van der Waals surface area (Å²) in [6.07, 6.45) is 2.98. The van der Waals surface area contributed by atoms with Gasteiger partial charge in [-0.1, -0.05) is 133 Å². The number of carbonyl (C=O) groups excluding carboxylic acids is 4. The van der Waals surface area contributed by atoms with Crippen LogP contribution in [0.3, 0.4) is 0 Å². The van der Waals surface area contributed by atoms with E-state index in [2.05, 4.69) is 20.9 Å². The van der Waals surface area contributed by atoms with Crippen molar-refractivity contribution in [2.75, 3.05) is 6.54 Å². The van der Waals surface area contributed by atoms with E-state index in [1.807, 2.05) is 133 Å². The summed E-state index contributed by atoms with van der Waals surface area (Å²) in [4.78, 5) is 57.2. The predicted molar refractivity (Wildman–Crippen MR) is 189 cm³/mol. The van der Waals surface area contributed by atoms with Crippen molar-refractivity contribution in [2.45, 2.75) is 38.6 Å². The number of benzene rings is 4. The lowest BCUT2D eigenvalue weighted by atomic mass is 9.83. The minimum Gasteiger partial charge on any atom is -0.444 e. The summed E-state index contributed by atoms with van der Waals surface area (Å²) in [6, 6.07) is 36.5. The number of imide groups is 1. The first-order valence-electron chi connectivity index (χ1n) is 16.3. The number of likely N-dealkylation sites (tertiary alicyclic amines) is 1. The number of hydrogen-bond donors (Lipinski definition) is 3. The van der Waals surface area contributed by atoms with Gasteiger partial charge in [0.15, 0.2) is 0 Å². The Labute approximate surface area is 291 Å². The van der Waals surface area contributed by atoms with Gasteiger partial charge < -0.3 is 14.8 Å². The van der Waals surface area contributed by atoms with Crippen LogP contribution in [-0.4, -0.2) is 47.6 Å². The van der Waals surface area contributed by atoms with E-state index < -0.39 is 30.2 Å². The molecule has 0 spiro atoms. The van der Waals surface area contributed by atoms with Gasteiger partial charge in [0.2, 0.25) is 11.9 Å². The Hall–Kier alpha value is -6.23. The molecule has 2 atom stereocenters. The van der Waals surface area contributed by atoms with Crippen LogP contribution < -0.4 is 16.0 Å². The van der Waals surface area contributed by atoms with E-state index >= 15 is 0 Å². The first-order valence-corrected chi connectivity index (χ1v) is 16.3. The average molecular weight is 674 g/mol. The molecule has 0 aromatic heterocycles. The topological polar surface area (TPSA) is 138 Å². The Morgan fingerprint density at radius 3 is 1.74 bits per heavy atom. The molecule has 11 nitrogen and oxygen atoms in total. The fourth-order valence-corrected chi connectivity index (χ4v) is 5.28. The van der Waals surface area contributed by atoms with Gasteiger partial charge in [-0.3, -0.25) is 25.3 Å². The zero-order valence-electron chi connectivity index (χ0n) is 27.4. The Bertz CT molecular complexity index is 1710. The second-order valence-electron chi connectivity index (χ2n) is 11.5. The molecule has 0 aliphatic carbocycles. The third-order valence-electron chi connectivity index (χ3n) is 7.87. The van der Waals surface area contributed by atoms with Crippen LogP contribution in [-0.2, 0) is 34.0 Å². The van der Waals surface area contributed by atoms with E-state index in [-0.39, 0.29) is 31.6 Å². The maximum Gasteiger partial charge on any atom is 0.414 e. The fourth-order valence-electron chi connectivity index (χ4n) is 5.28.